The van der Waals surface area contributed by atoms with Crippen molar-refractivity contribution in [1.29, 1.82) is 0 Å². The van der Waals surface area contributed by atoms with Crippen LogP contribution in [0, 0.1) is 0 Å². The predicted molar refractivity (Wildman–Crippen MR) is 62.8 cm³/mol. The van der Waals surface area contributed by atoms with Gasteiger partial charge < -0.3 is 5.32 Å². The minimum atomic E-state index is 0.495. The second-order valence-electron chi connectivity index (χ2n) is 4.15. The number of imidazole rings is 1. The lowest BCUT2D eigenvalue weighted by Gasteiger charge is -2.21. The summed E-state index contributed by atoms with van der Waals surface area (Å²) in [7, 11) is 0. The second kappa shape index (κ2) is 4.03. The van der Waals surface area contributed by atoms with E-state index in [1.165, 1.54) is 12.8 Å². The molecule has 2 aromatic heterocycles. The lowest BCUT2D eigenvalue weighted by atomic mass is 9.97. The summed E-state index contributed by atoms with van der Waals surface area (Å²) >= 11 is 5.91. The molecule has 0 saturated carbocycles. The molecule has 2 aromatic rings. The van der Waals surface area contributed by atoms with E-state index in [-0.39, 0.29) is 0 Å². The van der Waals surface area contributed by atoms with Crippen molar-refractivity contribution < 1.29 is 0 Å². The Labute approximate surface area is 98.6 Å². The summed E-state index contributed by atoms with van der Waals surface area (Å²) in [4.78, 5) is 4.35. The highest BCUT2D eigenvalue weighted by atomic mass is 35.5. The van der Waals surface area contributed by atoms with Crippen molar-refractivity contribution in [3.8, 4) is 0 Å². The van der Waals surface area contributed by atoms with Gasteiger partial charge in [0.1, 0.15) is 5.15 Å². The molecule has 84 valence electrons. The third kappa shape index (κ3) is 1.68. The van der Waals surface area contributed by atoms with Gasteiger partial charge in [0.25, 0.3) is 0 Å². The SMILES string of the molecule is Clc1ccc2ncc(C3CCCNC3)n2n1. The minimum absolute atomic E-state index is 0.495. The fourth-order valence-electron chi connectivity index (χ4n) is 2.25. The zero-order valence-corrected chi connectivity index (χ0v) is 9.61. The number of nitrogens with one attached hydrogen (secondary N) is 1. The van der Waals surface area contributed by atoms with E-state index in [2.05, 4.69) is 15.4 Å². The Morgan fingerprint density at radius 1 is 1.44 bits per heavy atom. The number of hydrogen-bond acceptors (Lipinski definition) is 3. The highest BCUT2D eigenvalue weighted by Crippen LogP contribution is 2.23. The summed E-state index contributed by atoms with van der Waals surface area (Å²) in [5.74, 6) is 0.495. The number of aromatic nitrogens is 3. The van der Waals surface area contributed by atoms with Crippen LogP contribution in [0.3, 0.4) is 0 Å². The molecular formula is C11H13ClN4. The van der Waals surface area contributed by atoms with E-state index in [1.54, 1.807) is 6.07 Å². The molecule has 1 fully saturated rings. The Balaban J connectivity index is 2.05. The summed E-state index contributed by atoms with van der Waals surface area (Å²) in [6.45, 7) is 2.11. The first kappa shape index (κ1) is 10.1. The van der Waals surface area contributed by atoms with Gasteiger partial charge in [0.05, 0.1) is 11.9 Å². The molecule has 5 heteroatoms. The smallest absolute Gasteiger partial charge is 0.153 e. The second-order valence-corrected chi connectivity index (χ2v) is 4.54. The lowest BCUT2D eigenvalue weighted by molar-refractivity contribution is 0.449. The van der Waals surface area contributed by atoms with Gasteiger partial charge in [0.2, 0.25) is 0 Å². The van der Waals surface area contributed by atoms with E-state index >= 15 is 0 Å². The van der Waals surface area contributed by atoms with Crippen molar-refractivity contribution >= 4 is 17.2 Å². The van der Waals surface area contributed by atoms with Crippen LogP contribution in [-0.4, -0.2) is 27.7 Å². The van der Waals surface area contributed by atoms with Crippen LogP contribution in [0.1, 0.15) is 24.5 Å². The first-order valence-corrected chi connectivity index (χ1v) is 5.93. The Kier molecular flexibility index (Phi) is 2.53. The number of nitrogens with zero attached hydrogens (tertiary/aromatic N) is 3. The van der Waals surface area contributed by atoms with Crippen molar-refractivity contribution in [3.05, 3.63) is 29.2 Å². The fourth-order valence-corrected chi connectivity index (χ4v) is 2.39. The van der Waals surface area contributed by atoms with Crippen LogP contribution in [0.4, 0.5) is 0 Å². The molecule has 0 aliphatic carbocycles. The van der Waals surface area contributed by atoms with Crippen LogP contribution in [-0.2, 0) is 0 Å². The maximum Gasteiger partial charge on any atom is 0.153 e. The van der Waals surface area contributed by atoms with E-state index in [9.17, 15) is 0 Å². The van der Waals surface area contributed by atoms with E-state index in [0.717, 1.165) is 24.4 Å². The fraction of sp³-hybridized carbons (Fsp3) is 0.455. The van der Waals surface area contributed by atoms with Gasteiger partial charge >= 0.3 is 0 Å². The molecule has 16 heavy (non-hydrogen) atoms. The average molecular weight is 237 g/mol. The predicted octanol–water partition coefficient (Wildman–Crippen LogP) is 1.85. The molecule has 1 saturated heterocycles. The highest BCUT2D eigenvalue weighted by Gasteiger charge is 2.19. The van der Waals surface area contributed by atoms with E-state index in [1.807, 2.05) is 16.8 Å². The molecule has 1 aliphatic heterocycles. The Morgan fingerprint density at radius 3 is 3.19 bits per heavy atom. The van der Waals surface area contributed by atoms with Crippen molar-refractivity contribution in [2.45, 2.75) is 18.8 Å². The molecule has 0 radical (unpaired) electrons. The first-order chi connectivity index (χ1) is 7.84. The molecule has 0 aromatic carbocycles. The Bertz CT molecular complexity index is 502. The van der Waals surface area contributed by atoms with Crippen molar-refractivity contribution in [2.75, 3.05) is 13.1 Å². The van der Waals surface area contributed by atoms with Crippen molar-refractivity contribution in [1.82, 2.24) is 19.9 Å². The number of halogens is 1. The Morgan fingerprint density at radius 2 is 2.38 bits per heavy atom. The number of hydrogen-bond donors (Lipinski definition) is 1. The molecule has 3 heterocycles. The summed E-state index contributed by atoms with van der Waals surface area (Å²) < 4.78 is 1.86. The van der Waals surface area contributed by atoms with Crippen LogP contribution < -0.4 is 5.32 Å². The summed E-state index contributed by atoms with van der Waals surface area (Å²) in [6.07, 6.45) is 4.31. The first-order valence-electron chi connectivity index (χ1n) is 5.55. The van der Waals surface area contributed by atoms with Gasteiger partial charge in [0.15, 0.2) is 5.65 Å². The van der Waals surface area contributed by atoms with Gasteiger partial charge in [-0.1, -0.05) is 11.6 Å². The standard InChI is InChI=1S/C11H13ClN4/c12-10-3-4-11-14-7-9(16(11)15-10)8-2-1-5-13-6-8/h3-4,7-8,13H,1-2,5-6H2. The van der Waals surface area contributed by atoms with Gasteiger partial charge in [-0.2, -0.15) is 5.10 Å². The molecule has 4 nitrogen and oxygen atoms in total. The van der Waals surface area contributed by atoms with E-state index in [4.69, 9.17) is 11.6 Å². The largest absolute Gasteiger partial charge is 0.316 e. The average Bonchev–Trinajstić information content (AvgIpc) is 2.73. The summed E-state index contributed by atoms with van der Waals surface area (Å²) in [6, 6.07) is 3.67. The highest BCUT2D eigenvalue weighted by molar-refractivity contribution is 6.29. The maximum absolute atomic E-state index is 5.91. The third-order valence-electron chi connectivity index (χ3n) is 3.07. The lowest BCUT2D eigenvalue weighted by Crippen LogP contribution is -2.29. The number of fused-ring (bicyclic) bond motifs is 1. The monoisotopic (exact) mass is 236 g/mol. The molecule has 3 rings (SSSR count). The quantitative estimate of drug-likeness (QED) is 0.822. The maximum atomic E-state index is 5.91. The molecule has 0 amide bonds. The Hall–Kier alpha value is -1.13. The van der Waals surface area contributed by atoms with Crippen LogP contribution in [0.5, 0.6) is 0 Å². The van der Waals surface area contributed by atoms with Gasteiger partial charge in [-0.25, -0.2) is 9.50 Å². The molecule has 0 bridgehead atoms. The van der Waals surface area contributed by atoms with Gasteiger partial charge in [-0.3, -0.25) is 0 Å². The number of rotatable bonds is 1. The van der Waals surface area contributed by atoms with Crippen LogP contribution in [0.15, 0.2) is 18.3 Å². The molecular weight excluding hydrogens is 224 g/mol. The van der Waals surface area contributed by atoms with Crippen LogP contribution in [0.25, 0.3) is 5.65 Å². The third-order valence-corrected chi connectivity index (χ3v) is 3.27. The molecule has 0 spiro atoms. The van der Waals surface area contributed by atoms with E-state index in [0.29, 0.717) is 11.1 Å². The molecule has 1 atom stereocenters. The van der Waals surface area contributed by atoms with Crippen molar-refractivity contribution in [3.63, 3.8) is 0 Å². The summed E-state index contributed by atoms with van der Waals surface area (Å²) in [5, 5.41) is 8.21. The molecule has 1 unspecified atom stereocenters. The summed E-state index contributed by atoms with van der Waals surface area (Å²) in [5.41, 5.74) is 2.02. The van der Waals surface area contributed by atoms with Gasteiger partial charge in [-0.15, -0.1) is 0 Å². The van der Waals surface area contributed by atoms with Gasteiger partial charge in [0, 0.05) is 12.5 Å². The number of piperidine rings is 1. The topological polar surface area (TPSA) is 42.2 Å². The van der Waals surface area contributed by atoms with Crippen LogP contribution in [0.2, 0.25) is 5.15 Å². The van der Waals surface area contributed by atoms with Crippen LogP contribution >= 0.6 is 11.6 Å². The minimum Gasteiger partial charge on any atom is -0.316 e. The van der Waals surface area contributed by atoms with E-state index < -0.39 is 0 Å². The normalized spacial score (nSPS) is 21.4. The molecule has 1 N–H and O–H groups in total. The van der Waals surface area contributed by atoms with Crippen molar-refractivity contribution in [2.24, 2.45) is 0 Å². The zero-order chi connectivity index (χ0) is 11.0. The zero-order valence-electron chi connectivity index (χ0n) is 8.86. The molecule has 1 aliphatic rings. The van der Waals surface area contributed by atoms with Gasteiger partial charge in [-0.05, 0) is 31.5 Å².